The summed E-state index contributed by atoms with van der Waals surface area (Å²) in [6, 6.07) is 22.0. The van der Waals surface area contributed by atoms with Gasteiger partial charge in [0.25, 0.3) is 10.0 Å². The number of sulfonamides is 1. The molecule has 0 spiro atoms. The van der Waals surface area contributed by atoms with Crippen LogP contribution in [0.2, 0.25) is 0 Å². The molecule has 0 saturated carbocycles. The monoisotopic (exact) mass is 418 g/mol. The Morgan fingerprint density at radius 1 is 0.900 bits per heavy atom. The Kier molecular flexibility index (Phi) is 5.18. The molecule has 3 aromatic carbocycles. The van der Waals surface area contributed by atoms with Crippen molar-refractivity contribution in [2.45, 2.75) is 20.4 Å². The Bertz CT molecular complexity index is 1250. The largest absolute Gasteiger partial charge is 0.360 e. The summed E-state index contributed by atoms with van der Waals surface area (Å²) in [5.41, 5.74) is 4.47. The van der Waals surface area contributed by atoms with Crippen molar-refractivity contribution < 1.29 is 13.2 Å². The van der Waals surface area contributed by atoms with Gasteiger partial charge in [0, 0.05) is 17.5 Å². The van der Waals surface area contributed by atoms with Gasteiger partial charge >= 0.3 is 0 Å². The molecule has 0 aromatic heterocycles. The van der Waals surface area contributed by atoms with Crippen molar-refractivity contribution in [3.05, 3.63) is 106 Å². The zero-order valence-corrected chi connectivity index (χ0v) is 17.6. The van der Waals surface area contributed by atoms with Gasteiger partial charge in [-0.1, -0.05) is 59.7 Å². The van der Waals surface area contributed by atoms with E-state index in [1.54, 1.807) is 24.3 Å². The molecule has 0 atom stereocenters. The number of para-hydroxylation sites is 1. The van der Waals surface area contributed by atoms with Crippen LogP contribution >= 0.6 is 0 Å². The summed E-state index contributed by atoms with van der Waals surface area (Å²) in [7, 11) is -4.03. The summed E-state index contributed by atoms with van der Waals surface area (Å²) in [6.45, 7) is 4.08. The molecule has 1 aliphatic heterocycles. The molecule has 5 nitrogen and oxygen atoms in total. The highest BCUT2D eigenvalue weighted by molar-refractivity contribution is 7.97. The highest BCUT2D eigenvalue weighted by Gasteiger charge is 2.40. The molecule has 0 unspecified atom stereocenters. The molecule has 1 aliphatic rings. The summed E-state index contributed by atoms with van der Waals surface area (Å²) in [6.07, 6.45) is 1.29. The standard InChI is InChI=1S/C24H22N2O3S/c1-17-10-12-20(13-11-17)25-15-23-24(27)21-8-3-4-9-22(21)26(30(23,28)29)16-19-7-5-6-18(2)14-19/h3-15,25H,16H2,1-2H3. The summed E-state index contributed by atoms with van der Waals surface area (Å²) in [5.74, 6) is -0.509. The predicted molar refractivity (Wildman–Crippen MR) is 120 cm³/mol. The normalized spacial score (nSPS) is 16.4. The number of hydrogen-bond acceptors (Lipinski definition) is 4. The minimum absolute atomic E-state index is 0.149. The minimum atomic E-state index is -4.03. The Morgan fingerprint density at radius 2 is 1.63 bits per heavy atom. The van der Waals surface area contributed by atoms with Crippen molar-refractivity contribution in [3.63, 3.8) is 0 Å². The topological polar surface area (TPSA) is 66.5 Å². The molecular formula is C24H22N2O3S. The molecule has 4 rings (SSSR count). The summed E-state index contributed by atoms with van der Waals surface area (Å²) in [4.78, 5) is 12.8. The average Bonchev–Trinajstić information content (AvgIpc) is 2.72. The second-order valence-corrected chi connectivity index (χ2v) is 9.20. The van der Waals surface area contributed by atoms with Crippen LogP contribution in [0.1, 0.15) is 27.0 Å². The number of benzene rings is 3. The van der Waals surface area contributed by atoms with Crippen LogP contribution < -0.4 is 9.62 Å². The maximum absolute atomic E-state index is 13.4. The van der Waals surface area contributed by atoms with Crippen molar-refractivity contribution in [1.29, 1.82) is 0 Å². The number of rotatable bonds is 4. The smallest absolute Gasteiger partial charge is 0.270 e. The van der Waals surface area contributed by atoms with Crippen LogP contribution in [0, 0.1) is 13.8 Å². The number of nitrogens with zero attached hydrogens (tertiary/aromatic N) is 1. The molecule has 3 aromatic rings. The molecule has 1 heterocycles. The van der Waals surface area contributed by atoms with E-state index in [-0.39, 0.29) is 11.4 Å². The van der Waals surface area contributed by atoms with Gasteiger partial charge in [0.1, 0.15) is 0 Å². The van der Waals surface area contributed by atoms with Crippen molar-refractivity contribution in [2.24, 2.45) is 0 Å². The van der Waals surface area contributed by atoms with Crippen LogP contribution in [0.3, 0.4) is 0 Å². The van der Waals surface area contributed by atoms with Crippen molar-refractivity contribution in [1.82, 2.24) is 0 Å². The third-order valence-corrected chi connectivity index (χ3v) is 6.80. The lowest BCUT2D eigenvalue weighted by Crippen LogP contribution is -2.39. The van der Waals surface area contributed by atoms with Crippen molar-refractivity contribution in [2.75, 3.05) is 9.62 Å². The number of Topliss-reactive ketones (excluding diaryl/α,β-unsaturated/α-hetero) is 1. The first kappa shape index (κ1) is 19.9. The summed E-state index contributed by atoms with van der Waals surface area (Å²) >= 11 is 0. The van der Waals surface area contributed by atoms with Crippen LogP contribution in [0.4, 0.5) is 11.4 Å². The molecule has 152 valence electrons. The minimum Gasteiger partial charge on any atom is -0.360 e. The second-order valence-electron chi connectivity index (χ2n) is 7.37. The first-order chi connectivity index (χ1) is 14.4. The number of carbonyl (C=O) groups is 1. The molecule has 0 bridgehead atoms. The quantitative estimate of drug-likeness (QED) is 0.619. The van der Waals surface area contributed by atoms with E-state index in [2.05, 4.69) is 5.32 Å². The first-order valence-electron chi connectivity index (χ1n) is 9.61. The van der Waals surface area contributed by atoms with Gasteiger partial charge < -0.3 is 5.32 Å². The molecule has 0 saturated heterocycles. The number of fused-ring (bicyclic) bond motifs is 1. The maximum atomic E-state index is 13.4. The van der Waals surface area contributed by atoms with Gasteiger partial charge in [0.2, 0.25) is 5.78 Å². The van der Waals surface area contributed by atoms with E-state index in [9.17, 15) is 13.2 Å². The fourth-order valence-electron chi connectivity index (χ4n) is 3.47. The Hall–Kier alpha value is -3.38. The van der Waals surface area contributed by atoms with Gasteiger partial charge in [-0.25, -0.2) is 8.42 Å². The Labute approximate surface area is 176 Å². The van der Waals surface area contributed by atoms with Gasteiger partial charge in [-0.3, -0.25) is 9.10 Å². The van der Waals surface area contributed by atoms with E-state index in [1.807, 2.05) is 62.4 Å². The summed E-state index contributed by atoms with van der Waals surface area (Å²) < 4.78 is 28.2. The third-order valence-electron chi connectivity index (χ3n) is 5.04. The average molecular weight is 419 g/mol. The zero-order valence-electron chi connectivity index (χ0n) is 16.8. The van der Waals surface area contributed by atoms with E-state index < -0.39 is 15.8 Å². The van der Waals surface area contributed by atoms with Gasteiger partial charge in [-0.2, -0.15) is 0 Å². The fraction of sp³-hybridized carbons (Fsp3) is 0.125. The van der Waals surface area contributed by atoms with Gasteiger partial charge in [-0.05, 0) is 43.7 Å². The number of carbonyl (C=O) groups excluding carboxylic acids is 1. The van der Waals surface area contributed by atoms with E-state index >= 15 is 0 Å². The second kappa shape index (κ2) is 7.80. The van der Waals surface area contributed by atoms with Crippen LogP contribution in [0.15, 0.2) is 83.9 Å². The number of nitrogens with one attached hydrogen (secondary N) is 1. The molecule has 0 aliphatic carbocycles. The number of allylic oxidation sites excluding steroid dienone is 1. The van der Waals surface area contributed by atoms with E-state index in [0.29, 0.717) is 16.9 Å². The SMILES string of the molecule is Cc1ccc(NC=C2C(=O)c3ccccc3N(Cc3cccc(C)c3)S2(=O)=O)cc1. The van der Waals surface area contributed by atoms with Crippen molar-refractivity contribution in [3.8, 4) is 0 Å². The fourth-order valence-corrected chi connectivity index (χ4v) is 4.99. The number of anilines is 2. The lowest BCUT2D eigenvalue weighted by atomic mass is 10.1. The zero-order chi connectivity index (χ0) is 21.3. The van der Waals surface area contributed by atoms with Crippen molar-refractivity contribution >= 4 is 27.2 Å². The number of ketones is 1. The highest BCUT2D eigenvalue weighted by Crippen LogP contribution is 2.36. The van der Waals surface area contributed by atoms with Crippen LogP contribution in [0.5, 0.6) is 0 Å². The predicted octanol–water partition coefficient (Wildman–Crippen LogP) is 4.79. The summed E-state index contributed by atoms with van der Waals surface area (Å²) in [5, 5.41) is 2.96. The molecule has 0 amide bonds. The lowest BCUT2D eigenvalue weighted by molar-refractivity contribution is 0.104. The molecule has 0 fully saturated rings. The molecule has 30 heavy (non-hydrogen) atoms. The molecule has 6 heteroatoms. The third kappa shape index (κ3) is 3.74. The van der Waals surface area contributed by atoms with E-state index in [1.165, 1.54) is 10.5 Å². The molecule has 1 N–H and O–H groups in total. The maximum Gasteiger partial charge on any atom is 0.270 e. The van der Waals surface area contributed by atoms with Crippen LogP contribution in [0.25, 0.3) is 0 Å². The van der Waals surface area contributed by atoms with Gasteiger partial charge in [-0.15, -0.1) is 0 Å². The Balaban J connectivity index is 1.77. The van der Waals surface area contributed by atoms with Gasteiger partial charge in [0.15, 0.2) is 4.91 Å². The lowest BCUT2D eigenvalue weighted by Gasteiger charge is -2.31. The van der Waals surface area contributed by atoms with Crippen LogP contribution in [-0.4, -0.2) is 14.2 Å². The Morgan fingerprint density at radius 3 is 2.37 bits per heavy atom. The van der Waals surface area contributed by atoms with Gasteiger partial charge in [0.05, 0.1) is 12.2 Å². The first-order valence-corrected chi connectivity index (χ1v) is 11.1. The number of hydrogen-bond donors (Lipinski definition) is 1. The number of aryl methyl sites for hydroxylation is 2. The van der Waals surface area contributed by atoms with E-state index in [4.69, 9.17) is 0 Å². The van der Waals surface area contributed by atoms with Crippen LogP contribution in [-0.2, 0) is 16.6 Å². The molecule has 0 radical (unpaired) electrons. The highest BCUT2D eigenvalue weighted by atomic mass is 32.2. The molecular weight excluding hydrogens is 396 g/mol. The van der Waals surface area contributed by atoms with E-state index in [0.717, 1.165) is 16.7 Å².